The van der Waals surface area contributed by atoms with E-state index >= 15 is 0 Å². The molecule has 0 aliphatic rings. The molecule has 0 radical (unpaired) electrons. The van der Waals surface area contributed by atoms with Crippen molar-refractivity contribution < 1.29 is 14.4 Å². The highest BCUT2D eigenvalue weighted by Crippen LogP contribution is 2.26. The maximum absolute atomic E-state index is 13.2. The van der Waals surface area contributed by atoms with Gasteiger partial charge < -0.3 is 10.6 Å². The molecule has 0 spiro atoms. The summed E-state index contributed by atoms with van der Waals surface area (Å²) in [6.07, 6.45) is 0. The summed E-state index contributed by atoms with van der Waals surface area (Å²) in [6.45, 7) is 3.61. The molecule has 35 heavy (non-hydrogen) atoms. The number of carbonyl (C=O) groups excluding carboxylic acids is 3. The second-order valence-corrected chi connectivity index (χ2v) is 10.0. The van der Waals surface area contributed by atoms with Crippen LogP contribution in [0, 0.1) is 13.8 Å². The molecule has 0 atom stereocenters. The number of aromatic nitrogens is 1. The van der Waals surface area contributed by atoms with Crippen molar-refractivity contribution in [2.75, 3.05) is 16.1 Å². The van der Waals surface area contributed by atoms with Crippen LogP contribution in [-0.2, 0) is 9.59 Å². The zero-order valence-electron chi connectivity index (χ0n) is 18.6. The van der Waals surface area contributed by atoms with E-state index in [1.165, 1.54) is 4.68 Å². The minimum Gasteiger partial charge on any atom is -0.320 e. The van der Waals surface area contributed by atoms with Gasteiger partial charge in [-0.3, -0.25) is 19.8 Å². The van der Waals surface area contributed by atoms with E-state index in [9.17, 15) is 14.4 Å². The van der Waals surface area contributed by atoms with Gasteiger partial charge in [0, 0.05) is 30.7 Å². The maximum atomic E-state index is 13.2. The van der Waals surface area contributed by atoms with E-state index in [-0.39, 0.29) is 5.69 Å². The predicted molar refractivity (Wildman–Crippen MR) is 146 cm³/mol. The van der Waals surface area contributed by atoms with E-state index in [4.69, 9.17) is 11.6 Å². The number of rotatable bonds is 4. The van der Waals surface area contributed by atoms with Gasteiger partial charge in [0.05, 0.1) is 5.52 Å². The Labute approximate surface area is 223 Å². The summed E-state index contributed by atoms with van der Waals surface area (Å²) in [5, 5.41) is 6.59. The average Bonchev–Trinajstić information content (AvgIpc) is 3.16. The number of fused-ring (bicyclic) bond motifs is 1. The van der Waals surface area contributed by atoms with Gasteiger partial charge in [-0.15, -0.1) is 0 Å². The normalized spacial score (nSPS) is 10.8. The fourth-order valence-electron chi connectivity index (χ4n) is 3.50. The van der Waals surface area contributed by atoms with Gasteiger partial charge in [-0.1, -0.05) is 49.5 Å². The van der Waals surface area contributed by atoms with Gasteiger partial charge in [0.15, 0.2) is 0 Å². The lowest BCUT2D eigenvalue weighted by molar-refractivity contribution is -0.133. The first-order valence-corrected chi connectivity index (χ1v) is 12.4. The van der Waals surface area contributed by atoms with Gasteiger partial charge in [0.1, 0.15) is 5.69 Å². The van der Waals surface area contributed by atoms with Gasteiger partial charge in [-0.05, 0) is 79.6 Å². The van der Waals surface area contributed by atoms with E-state index in [1.807, 2.05) is 25.1 Å². The third kappa shape index (κ3) is 5.42. The van der Waals surface area contributed by atoms with Crippen molar-refractivity contribution in [3.8, 4) is 0 Å². The Morgan fingerprint density at radius 1 is 0.829 bits per heavy atom. The Hall–Kier alpha value is -3.14. The Balaban J connectivity index is 1.65. The van der Waals surface area contributed by atoms with Crippen molar-refractivity contribution >= 4 is 83.5 Å². The molecular weight excluding hydrogens is 600 g/mol. The summed E-state index contributed by atoms with van der Waals surface area (Å²) < 4.78 is 3.00. The third-order valence-corrected chi connectivity index (χ3v) is 6.76. The Bertz CT molecular complexity index is 1500. The van der Waals surface area contributed by atoms with Crippen LogP contribution in [0.2, 0.25) is 5.02 Å². The molecule has 0 fully saturated rings. The summed E-state index contributed by atoms with van der Waals surface area (Å²) in [6, 6.07) is 17.5. The van der Waals surface area contributed by atoms with Crippen LogP contribution in [0.5, 0.6) is 0 Å². The largest absolute Gasteiger partial charge is 0.328 e. The van der Waals surface area contributed by atoms with Crippen LogP contribution < -0.4 is 16.1 Å². The van der Waals surface area contributed by atoms with Crippen LogP contribution in [-0.4, -0.2) is 22.4 Å². The molecule has 178 valence electrons. The molecule has 1 heterocycles. The van der Waals surface area contributed by atoms with Crippen molar-refractivity contribution in [1.82, 2.24) is 4.68 Å². The van der Waals surface area contributed by atoms with Crippen molar-refractivity contribution in [3.63, 3.8) is 0 Å². The topological polar surface area (TPSA) is 92.2 Å². The predicted octanol–water partition coefficient (Wildman–Crippen LogP) is 6.40. The Kier molecular flexibility index (Phi) is 7.30. The summed E-state index contributed by atoms with van der Waals surface area (Å²) >= 11 is 12.9. The molecule has 3 aromatic carbocycles. The number of nitrogens with zero attached hydrogens (tertiary/aromatic N) is 1. The molecule has 0 aliphatic heterocycles. The highest BCUT2D eigenvalue weighted by atomic mass is 79.9. The van der Waals surface area contributed by atoms with Crippen molar-refractivity contribution in [2.45, 2.75) is 13.8 Å². The lowest BCUT2D eigenvalue weighted by Crippen LogP contribution is -2.36. The summed E-state index contributed by atoms with van der Waals surface area (Å²) in [7, 11) is 0. The number of hydrogen-bond donors (Lipinski definition) is 3. The molecule has 0 saturated heterocycles. The first kappa shape index (κ1) is 25.0. The molecule has 0 saturated carbocycles. The molecule has 1 aromatic heterocycles. The number of benzene rings is 3. The van der Waals surface area contributed by atoms with Gasteiger partial charge in [0.25, 0.3) is 5.91 Å². The summed E-state index contributed by atoms with van der Waals surface area (Å²) in [4.78, 5) is 38.7. The van der Waals surface area contributed by atoms with Crippen molar-refractivity contribution in [3.05, 3.63) is 91.5 Å². The molecule has 4 rings (SSSR count). The zero-order valence-corrected chi connectivity index (χ0v) is 22.5. The summed E-state index contributed by atoms with van der Waals surface area (Å²) in [5.74, 6) is -2.29. The van der Waals surface area contributed by atoms with E-state index in [2.05, 4.69) is 47.9 Å². The quantitative estimate of drug-likeness (QED) is 0.231. The van der Waals surface area contributed by atoms with E-state index in [0.717, 1.165) is 14.5 Å². The van der Waals surface area contributed by atoms with E-state index < -0.39 is 17.7 Å². The Morgan fingerprint density at radius 2 is 1.54 bits per heavy atom. The first-order valence-electron chi connectivity index (χ1n) is 10.4. The molecule has 0 aliphatic carbocycles. The Morgan fingerprint density at radius 3 is 2.29 bits per heavy atom. The molecule has 3 amide bonds. The lowest BCUT2D eigenvalue weighted by Gasteiger charge is -2.14. The first-order chi connectivity index (χ1) is 16.6. The molecule has 7 nitrogen and oxygen atoms in total. The number of carbonyl (C=O) groups is 3. The number of hydrogen-bond acceptors (Lipinski definition) is 3. The lowest BCUT2D eigenvalue weighted by atomic mass is 10.2. The minimum atomic E-state index is -0.946. The average molecular weight is 619 g/mol. The molecule has 4 aromatic rings. The minimum absolute atomic E-state index is 0.153. The third-order valence-electron chi connectivity index (χ3n) is 5.37. The van der Waals surface area contributed by atoms with E-state index in [0.29, 0.717) is 32.9 Å². The zero-order chi connectivity index (χ0) is 25.3. The van der Waals surface area contributed by atoms with Crippen LogP contribution in [0.15, 0.2) is 69.6 Å². The van der Waals surface area contributed by atoms with Crippen LogP contribution in [0.3, 0.4) is 0 Å². The van der Waals surface area contributed by atoms with Gasteiger partial charge in [0.2, 0.25) is 0 Å². The van der Waals surface area contributed by atoms with Crippen molar-refractivity contribution in [1.29, 1.82) is 0 Å². The second-order valence-electron chi connectivity index (χ2n) is 7.79. The van der Waals surface area contributed by atoms with Crippen LogP contribution in [0.4, 0.5) is 11.4 Å². The van der Waals surface area contributed by atoms with Gasteiger partial charge >= 0.3 is 11.8 Å². The number of halogens is 3. The smallest absolute Gasteiger partial charge is 0.320 e. The van der Waals surface area contributed by atoms with Crippen LogP contribution in [0.25, 0.3) is 10.9 Å². The van der Waals surface area contributed by atoms with Gasteiger partial charge in [-0.25, -0.2) is 4.68 Å². The second kappa shape index (κ2) is 10.2. The number of amides is 3. The standard InChI is InChI=1S/C25H19Br2ClN4O3/c1-13-10-16(26)6-8-19(13)29-23(33)22-12-15-11-17(27)7-9-21(15)32(22)31-25(35)24(34)30-20-5-3-4-18(28)14(20)2/h3-12H,1-2H3,(H,29,33)(H,30,34)(H,31,35). The molecular formula is C25H19Br2ClN4O3. The van der Waals surface area contributed by atoms with Crippen molar-refractivity contribution in [2.24, 2.45) is 0 Å². The highest BCUT2D eigenvalue weighted by molar-refractivity contribution is 9.10. The monoisotopic (exact) mass is 616 g/mol. The number of nitrogens with one attached hydrogen (secondary N) is 3. The fourth-order valence-corrected chi connectivity index (χ4v) is 4.53. The highest BCUT2D eigenvalue weighted by Gasteiger charge is 2.22. The number of anilines is 2. The molecule has 0 bridgehead atoms. The molecule has 0 unspecified atom stereocenters. The molecule has 3 N–H and O–H groups in total. The summed E-state index contributed by atoms with van der Waals surface area (Å²) in [5.41, 5.74) is 5.78. The number of aryl methyl sites for hydroxylation is 1. The van der Waals surface area contributed by atoms with Gasteiger partial charge in [-0.2, -0.15) is 0 Å². The van der Waals surface area contributed by atoms with Crippen LogP contribution in [0.1, 0.15) is 21.6 Å². The molecule has 10 heteroatoms. The fraction of sp³-hybridized carbons (Fsp3) is 0.0800. The van der Waals surface area contributed by atoms with E-state index in [1.54, 1.807) is 49.4 Å². The van der Waals surface area contributed by atoms with Crippen LogP contribution >= 0.6 is 43.5 Å². The maximum Gasteiger partial charge on any atom is 0.328 e. The SMILES string of the molecule is Cc1cc(Br)ccc1NC(=O)c1cc2cc(Br)ccc2n1NC(=O)C(=O)Nc1cccc(Cl)c1C.